The minimum Gasteiger partial charge on any atom is -0.445 e. The van der Waals surface area contributed by atoms with Crippen molar-refractivity contribution in [1.29, 1.82) is 0 Å². The molecule has 1 heterocycles. The average molecular weight is 534 g/mol. The topological polar surface area (TPSA) is 118 Å². The fourth-order valence-corrected chi connectivity index (χ4v) is 8.53. The van der Waals surface area contributed by atoms with E-state index in [1.807, 2.05) is 20.9 Å². The van der Waals surface area contributed by atoms with Gasteiger partial charge >= 0.3 is 6.09 Å². The standard InChI is InChI=1S/C29H47N3O6/c1-17-10-13-32(6)15-20(17)25(35)31-26(36)38-22-14-27(4,16-30-37-7)24(34)19(3)29-11-8-18(2)28(22,5)23(29)21(33)9-12-29/h16-20,22-24,34H,8-15H2,1-7H3,(H,31,35,36)/b30-16+/t17-,18+,19-,20-,22+,23?,24-,27-,28-,29?/m0/s1. The van der Waals surface area contributed by atoms with Crippen LogP contribution in [0.5, 0.6) is 0 Å². The molecule has 0 radical (unpaired) electrons. The van der Waals surface area contributed by atoms with E-state index >= 15 is 0 Å². The lowest BCUT2D eigenvalue weighted by Crippen LogP contribution is -2.64. The number of hydrogen-bond acceptors (Lipinski definition) is 8. The number of alkyl carbamates (subject to hydrolysis) is 1. The largest absolute Gasteiger partial charge is 0.445 e. The number of rotatable bonds is 4. The molecule has 4 rings (SSSR count). The molecule has 0 aromatic rings. The van der Waals surface area contributed by atoms with Crippen molar-refractivity contribution in [3.63, 3.8) is 0 Å². The van der Waals surface area contributed by atoms with Gasteiger partial charge in [0.1, 0.15) is 19.0 Å². The van der Waals surface area contributed by atoms with Gasteiger partial charge in [0.2, 0.25) is 5.91 Å². The van der Waals surface area contributed by atoms with Crippen LogP contribution in [0.4, 0.5) is 4.79 Å². The van der Waals surface area contributed by atoms with Crippen molar-refractivity contribution in [3.8, 4) is 0 Å². The molecule has 2 unspecified atom stereocenters. The van der Waals surface area contributed by atoms with Crippen molar-refractivity contribution in [2.24, 2.45) is 51.0 Å². The fourth-order valence-electron chi connectivity index (χ4n) is 8.53. The van der Waals surface area contributed by atoms with Crippen LogP contribution < -0.4 is 5.32 Å². The van der Waals surface area contributed by atoms with Gasteiger partial charge in [0.25, 0.3) is 0 Å². The number of hydrogen-bond donors (Lipinski definition) is 2. The van der Waals surface area contributed by atoms with Gasteiger partial charge in [-0.25, -0.2) is 4.79 Å². The van der Waals surface area contributed by atoms with Gasteiger partial charge in [0.15, 0.2) is 0 Å². The third-order valence-electron chi connectivity index (χ3n) is 11.3. The van der Waals surface area contributed by atoms with E-state index in [1.54, 1.807) is 6.21 Å². The van der Waals surface area contributed by atoms with Gasteiger partial charge in [-0.15, -0.1) is 0 Å². The Morgan fingerprint density at radius 1 is 1.18 bits per heavy atom. The lowest BCUT2D eigenvalue weighted by atomic mass is 9.44. The normalized spacial score (nSPS) is 45.7. The van der Waals surface area contributed by atoms with Gasteiger partial charge in [-0.1, -0.05) is 39.8 Å². The Hall–Kier alpha value is -2.00. The number of Topliss-reactive ketones (excluding diaryl/α,β-unsaturated/α-hetero) is 1. The summed E-state index contributed by atoms with van der Waals surface area (Å²) in [5.74, 6) is -0.643. The summed E-state index contributed by atoms with van der Waals surface area (Å²) in [7, 11) is 3.43. The highest BCUT2D eigenvalue weighted by Crippen LogP contribution is 2.67. The number of oxime groups is 1. The molecule has 1 saturated heterocycles. The number of ether oxygens (including phenoxy) is 1. The Kier molecular flexibility index (Phi) is 8.03. The molecule has 2 amide bonds. The Morgan fingerprint density at radius 3 is 2.58 bits per heavy atom. The second-order valence-corrected chi connectivity index (χ2v) is 13.3. The number of nitrogens with zero attached hydrogens (tertiary/aromatic N) is 2. The number of piperidine rings is 1. The number of nitrogens with one attached hydrogen (secondary N) is 1. The van der Waals surface area contributed by atoms with Crippen molar-refractivity contribution in [1.82, 2.24) is 10.2 Å². The number of aliphatic hydroxyl groups is 1. The van der Waals surface area contributed by atoms with Crippen molar-refractivity contribution in [2.75, 3.05) is 27.2 Å². The number of likely N-dealkylation sites (tertiary alicyclic amines) is 1. The molecule has 3 saturated carbocycles. The van der Waals surface area contributed by atoms with Crippen molar-refractivity contribution in [2.45, 2.75) is 85.4 Å². The maximum absolute atomic E-state index is 13.6. The smallest absolute Gasteiger partial charge is 0.414 e. The molecule has 10 atom stereocenters. The van der Waals surface area contributed by atoms with E-state index < -0.39 is 29.1 Å². The fraction of sp³-hybridized carbons (Fsp3) is 0.862. The molecule has 214 valence electrons. The highest BCUT2D eigenvalue weighted by atomic mass is 16.6. The maximum Gasteiger partial charge on any atom is 0.414 e. The number of amides is 2. The first-order valence-electron chi connectivity index (χ1n) is 14.3. The zero-order chi connectivity index (χ0) is 28.0. The lowest BCUT2D eigenvalue weighted by Gasteiger charge is -2.61. The molecule has 9 heteroatoms. The van der Waals surface area contributed by atoms with Crippen LogP contribution >= 0.6 is 0 Å². The Balaban J connectivity index is 1.69. The summed E-state index contributed by atoms with van der Waals surface area (Å²) < 4.78 is 6.17. The SMILES string of the molecule is CO/N=C/[C@]1(C)C[C@@H](OC(=O)NC(=O)[C@H]2CN(C)CC[C@@H]2C)[C@@]2(C)C3C(=O)CCC3(CC[C@H]2C)[C@@H](C)[C@@H]1O. The summed E-state index contributed by atoms with van der Waals surface area (Å²) in [4.78, 5) is 47.1. The first-order chi connectivity index (χ1) is 17.8. The molecular weight excluding hydrogens is 486 g/mol. The molecule has 2 bridgehead atoms. The van der Waals surface area contributed by atoms with Gasteiger partial charge in [0, 0.05) is 29.7 Å². The minimum absolute atomic E-state index is 0.106. The van der Waals surface area contributed by atoms with Crippen LogP contribution in [0.15, 0.2) is 5.16 Å². The number of aliphatic hydroxyl groups excluding tert-OH is 1. The first-order valence-corrected chi connectivity index (χ1v) is 14.3. The molecule has 4 aliphatic rings. The summed E-state index contributed by atoms with van der Waals surface area (Å²) in [5.41, 5.74) is -1.90. The molecule has 2 N–H and O–H groups in total. The molecule has 1 aliphatic heterocycles. The molecular formula is C29H47N3O6. The van der Waals surface area contributed by atoms with E-state index in [1.165, 1.54) is 7.11 Å². The van der Waals surface area contributed by atoms with Gasteiger partial charge in [-0.05, 0) is 68.9 Å². The van der Waals surface area contributed by atoms with Crippen molar-refractivity contribution in [3.05, 3.63) is 0 Å². The third kappa shape index (κ3) is 4.67. The summed E-state index contributed by atoms with van der Waals surface area (Å²) in [5, 5.41) is 18.3. The molecule has 38 heavy (non-hydrogen) atoms. The molecule has 9 nitrogen and oxygen atoms in total. The molecule has 0 aromatic heterocycles. The monoisotopic (exact) mass is 533 g/mol. The van der Waals surface area contributed by atoms with E-state index in [4.69, 9.17) is 9.57 Å². The molecule has 0 aromatic carbocycles. The van der Waals surface area contributed by atoms with E-state index in [0.29, 0.717) is 13.0 Å². The summed E-state index contributed by atoms with van der Waals surface area (Å²) in [6.45, 7) is 11.7. The van der Waals surface area contributed by atoms with E-state index in [0.717, 1.165) is 32.2 Å². The van der Waals surface area contributed by atoms with Crippen LogP contribution in [0.3, 0.4) is 0 Å². The molecule has 4 fully saturated rings. The number of carbonyl (C=O) groups is 3. The summed E-state index contributed by atoms with van der Waals surface area (Å²) in [6, 6.07) is 0. The van der Waals surface area contributed by atoms with Gasteiger partial charge in [-0.3, -0.25) is 14.9 Å². The van der Waals surface area contributed by atoms with Crippen LogP contribution in [-0.2, 0) is 19.2 Å². The second kappa shape index (κ2) is 10.5. The Labute approximate surface area is 227 Å². The number of carbonyl (C=O) groups excluding carboxylic acids is 3. The predicted molar refractivity (Wildman–Crippen MR) is 143 cm³/mol. The Bertz CT molecular complexity index is 972. The number of imide groups is 1. The lowest BCUT2D eigenvalue weighted by molar-refractivity contribution is -0.188. The van der Waals surface area contributed by atoms with E-state index in [9.17, 15) is 19.5 Å². The summed E-state index contributed by atoms with van der Waals surface area (Å²) >= 11 is 0. The highest BCUT2D eigenvalue weighted by Gasteiger charge is 2.68. The first kappa shape index (κ1) is 29.0. The van der Waals surface area contributed by atoms with Crippen LogP contribution in [0.25, 0.3) is 0 Å². The van der Waals surface area contributed by atoms with Crippen LogP contribution in [0.2, 0.25) is 0 Å². The third-order valence-corrected chi connectivity index (χ3v) is 11.3. The predicted octanol–water partition coefficient (Wildman–Crippen LogP) is 3.64. The molecule has 3 aliphatic carbocycles. The van der Waals surface area contributed by atoms with Crippen molar-refractivity contribution >= 4 is 24.0 Å². The van der Waals surface area contributed by atoms with Crippen LogP contribution in [0.1, 0.15) is 73.1 Å². The second-order valence-electron chi connectivity index (χ2n) is 13.3. The minimum atomic E-state index is -0.868. The molecule has 0 spiro atoms. The van der Waals surface area contributed by atoms with Crippen molar-refractivity contribution < 1.29 is 29.1 Å². The zero-order valence-corrected chi connectivity index (χ0v) is 24.2. The van der Waals surface area contributed by atoms with E-state index in [2.05, 4.69) is 36.1 Å². The van der Waals surface area contributed by atoms with Crippen LogP contribution in [0, 0.1) is 45.8 Å². The van der Waals surface area contributed by atoms with Crippen LogP contribution in [-0.4, -0.2) is 73.5 Å². The van der Waals surface area contributed by atoms with Gasteiger partial charge in [0.05, 0.1) is 18.2 Å². The van der Waals surface area contributed by atoms with Gasteiger partial charge < -0.3 is 19.6 Å². The zero-order valence-electron chi connectivity index (χ0n) is 24.2. The number of ketones is 1. The highest BCUT2D eigenvalue weighted by molar-refractivity contribution is 5.93. The quantitative estimate of drug-likeness (QED) is 0.418. The maximum atomic E-state index is 13.6. The van der Waals surface area contributed by atoms with Gasteiger partial charge in [-0.2, -0.15) is 0 Å². The average Bonchev–Trinajstić information content (AvgIpc) is 3.22. The summed E-state index contributed by atoms with van der Waals surface area (Å²) in [6.07, 6.45) is 3.37. The Morgan fingerprint density at radius 2 is 1.89 bits per heavy atom. The van der Waals surface area contributed by atoms with E-state index in [-0.39, 0.29) is 53.1 Å².